The first-order valence-electron chi connectivity index (χ1n) is 9.41. The van der Waals surface area contributed by atoms with Crippen molar-refractivity contribution in [2.45, 2.75) is 32.4 Å². The van der Waals surface area contributed by atoms with Gasteiger partial charge in [0.25, 0.3) is 11.5 Å². The number of likely N-dealkylation sites (tertiary alicyclic amines) is 1. The number of methoxy groups -OCH3 is 1. The lowest BCUT2D eigenvalue weighted by atomic mass is 10.1. The highest BCUT2D eigenvalue weighted by Gasteiger charge is 2.34. The number of amides is 1. The first-order chi connectivity index (χ1) is 13.6. The minimum atomic E-state index is -0.265. The molecule has 0 radical (unpaired) electrons. The van der Waals surface area contributed by atoms with Gasteiger partial charge in [0.1, 0.15) is 11.5 Å². The van der Waals surface area contributed by atoms with Gasteiger partial charge in [-0.25, -0.2) is 4.98 Å². The van der Waals surface area contributed by atoms with Crippen LogP contribution in [0, 0.1) is 6.92 Å². The highest BCUT2D eigenvalue weighted by molar-refractivity contribution is 5.92. The molecule has 0 spiro atoms. The maximum atomic E-state index is 13.1. The Morgan fingerprint density at radius 3 is 2.93 bits per heavy atom. The van der Waals surface area contributed by atoms with Crippen LogP contribution in [0.15, 0.2) is 35.1 Å². The Labute approximate surface area is 162 Å². The molecule has 0 aliphatic carbocycles. The number of aryl methyl sites for hydroxylation is 1. The van der Waals surface area contributed by atoms with Crippen molar-refractivity contribution in [3.8, 4) is 0 Å². The van der Waals surface area contributed by atoms with Crippen LogP contribution in [-0.4, -0.2) is 50.8 Å². The van der Waals surface area contributed by atoms with Crippen molar-refractivity contribution in [1.82, 2.24) is 24.6 Å². The van der Waals surface area contributed by atoms with Crippen LogP contribution in [0.25, 0.3) is 10.9 Å². The Hall–Kier alpha value is -3.00. The molecule has 3 aromatic rings. The van der Waals surface area contributed by atoms with Gasteiger partial charge in [-0.1, -0.05) is 12.1 Å². The topological polar surface area (TPSA) is 93.1 Å². The third-order valence-electron chi connectivity index (χ3n) is 5.15. The molecule has 0 bridgehead atoms. The molecule has 146 valence electrons. The van der Waals surface area contributed by atoms with Gasteiger partial charge in [-0.15, -0.1) is 0 Å². The average molecular weight is 381 g/mol. The lowest BCUT2D eigenvalue weighted by Gasteiger charge is -2.26. The summed E-state index contributed by atoms with van der Waals surface area (Å²) in [6.45, 7) is 3.26. The van der Waals surface area contributed by atoms with Gasteiger partial charge in [0, 0.05) is 19.3 Å². The summed E-state index contributed by atoms with van der Waals surface area (Å²) in [4.78, 5) is 32.7. The summed E-state index contributed by atoms with van der Waals surface area (Å²) in [7, 11) is 1.60. The predicted molar refractivity (Wildman–Crippen MR) is 104 cm³/mol. The van der Waals surface area contributed by atoms with Gasteiger partial charge in [-0.05, 0) is 38.0 Å². The van der Waals surface area contributed by atoms with E-state index >= 15 is 0 Å². The third kappa shape index (κ3) is 3.20. The Kier molecular flexibility index (Phi) is 4.95. The molecule has 1 N–H and O–H groups in total. The molecule has 3 heterocycles. The van der Waals surface area contributed by atoms with Crippen LogP contribution in [0.4, 0.5) is 0 Å². The molecule has 8 heteroatoms. The Morgan fingerprint density at radius 2 is 2.18 bits per heavy atom. The van der Waals surface area contributed by atoms with Gasteiger partial charge in [-0.3, -0.25) is 19.3 Å². The summed E-state index contributed by atoms with van der Waals surface area (Å²) in [5.41, 5.74) is 1.76. The Morgan fingerprint density at radius 1 is 1.36 bits per heavy atom. The van der Waals surface area contributed by atoms with Gasteiger partial charge in [-0.2, -0.15) is 5.10 Å². The number of nitrogens with zero attached hydrogens (tertiary/aromatic N) is 4. The zero-order chi connectivity index (χ0) is 19.7. The fourth-order valence-corrected chi connectivity index (χ4v) is 3.79. The quantitative estimate of drug-likeness (QED) is 0.730. The van der Waals surface area contributed by atoms with Crippen LogP contribution in [0.5, 0.6) is 0 Å². The number of aromatic nitrogens is 4. The Bertz CT molecular complexity index is 1070. The highest BCUT2D eigenvalue weighted by Crippen LogP contribution is 2.32. The van der Waals surface area contributed by atoms with E-state index in [0.29, 0.717) is 42.1 Å². The van der Waals surface area contributed by atoms with Crippen molar-refractivity contribution in [3.05, 3.63) is 57.9 Å². The normalized spacial score (nSPS) is 16.8. The number of ether oxygens (including phenoxy) is 1. The fraction of sp³-hybridized carbons (Fsp3) is 0.400. The number of carbonyl (C=O) groups excluding carboxylic acids is 1. The number of H-pyrrole nitrogens is 1. The van der Waals surface area contributed by atoms with Crippen molar-refractivity contribution in [2.24, 2.45) is 0 Å². The molecular weight excluding hydrogens is 358 g/mol. The van der Waals surface area contributed by atoms with Gasteiger partial charge in [0.15, 0.2) is 0 Å². The van der Waals surface area contributed by atoms with Crippen LogP contribution < -0.4 is 5.56 Å². The molecule has 1 aliphatic rings. The zero-order valence-electron chi connectivity index (χ0n) is 16.0. The number of carbonyl (C=O) groups is 1. The number of fused-ring (bicyclic) bond motifs is 1. The Balaban J connectivity index is 1.80. The summed E-state index contributed by atoms with van der Waals surface area (Å²) in [6, 6.07) is 8.78. The molecular formula is C20H23N5O3. The minimum absolute atomic E-state index is 0.104. The second-order valence-electron chi connectivity index (χ2n) is 7.03. The minimum Gasteiger partial charge on any atom is -0.383 e. The fourth-order valence-electron chi connectivity index (χ4n) is 3.79. The second-order valence-corrected chi connectivity index (χ2v) is 7.03. The molecule has 2 aromatic heterocycles. The second kappa shape index (κ2) is 7.55. The summed E-state index contributed by atoms with van der Waals surface area (Å²) < 4.78 is 6.85. The van der Waals surface area contributed by atoms with Crippen molar-refractivity contribution >= 4 is 16.8 Å². The smallest absolute Gasteiger partial charge is 0.274 e. The van der Waals surface area contributed by atoms with Crippen LogP contribution in [0.1, 0.15) is 40.9 Å². The number of benzene rings is 1. The summed E-state index contributed by atoms with van der Waals surface area (Å²) in [6.07, 6.45) is 1.61. The predicted octanol–water partition coefficient (Wildman–Crippen LogP) is 2.05. The van der Waals surface area contributed by atoms with Crippen LogP contribution in [0.2, 0.25) is 0 Å². The maximum Gasteiger partial charge on any atom is 0.274 e. The first kappa shape index (κ1) is 18.4. The van der Waals surface area contributed by atoms with Gasteiger partial charge >= 0.3 is 0 Å². The van der Waals surface area contributed by atoms with E-state index in [1.165, 1.54) is 0 Å². The number of para-hydroxylation sites is 1. The van der Waals surface area contributed by atoms with Crippen LogP contribution in [0.3, 0.4) is 0 Å². The van der Waals surface area contributed by atoms with Gasteiger partial charge < -0.3 is 9.64 Å². The number of hydrogen-bond acceptors (Lipinski definition) is 5. The van der Waals surface area contributed by atoms with Crippen molar-refractivity contribution in [1.29, 1.82) is 0 Å². The lowest BCUT2D eigenvalue weighted by Crippen LogP contribution is -2.36. The maximum absolute atomic E-state index is 13.1. The average Bonchev–Trinajstić information content (AvgIpc) is 3.36. The van der Waals surface area contributed by atoms with Gasteiger partial charge in [0.05, 0.1) is 30.1 Å². The van der Waals surface area contributed by atoms with E-state index < -0.39 is 0 Å². The van der Waals surface area contributed by atoms with Crippen molar-refractivity contribution in [3.63, 3.8) is 0 Å². The van der Waals surface area contributed by atoms with E-state index in [4.69, 9.17) is 9.72 Å². The first-order valence-corrected chi connectivity index (χ1v) is 9.41. The van der Waals surface area contributed by atoms with Gasteiger partial charge in [0.2, 0.25) is 0 Å². The molecule has 1 aromatic carbocycles. The third-order valence-corrected chi connectivity index (χ3v) is 5.15. The molecule has 8 nitrogen and oxygen atoms in total. The number of rotatable bonds is 5. The molecule has 1 saturated heterocycles. The lowest BCUT2D eigenvalue weighted by molar-refractivity contribution is 0.0719. The van der Waals surface area contributed by atoms with E-state index in [1.807, 2.05) is 25.1 Å². The largest absolute Gasteiger partial charge is 0.383 e. The van der Waals surface area contributed by atoms with Crippen LogP contribution in [-0.2, 0) is 11.3 Å². The molecule has 0 saturated carbocycles. The van der Waals surface area contributed by atoms with E-state index in [2.05, 4.69) is 10.2 Å². The number of aromatic amines is 1. The van der Waals surface area contributed by atoms with E-state index in [9.17, 15) is 9.59 Å². The molecule has 1 aliphatic heterocycles. The molecule has 28 heavy (non-hydrogen) atoms. The SMILES string of the molecule is COCCn1c(C2CCCN2C(=O)c2cc(C)[nH]n2)nc2ccccc2c1=O. The summed E-state index contributed by atoms with van der Waals surface area (Å²) in [5, 5.41) is 7.49. The standard InChI is InChI=1S/C20H23N5O3/c1-13-12-16(23-22-13)20(27)24-9-5-8-17(24)18-21-15-7-4-3-6-14(15)19(26)25(18)10-11-28-2/h3-4,6-7,12,17H,5,8-11H2,1-2H3,(H,22,23). The molecule has 1 amide bonds. The monoisotopic (exact) mass is 381 g/mol. The summed E-state index contributed by atoms with van der Waals surface area (Å²) in [5.74, 6) is 0.464. The zero-order valence-corrected chi connectivity index (χ0v) is 16.0. The number of nitrogens with one attached hydrogen (secondary N) is 1. The number of hydrogen-bond donors (Lipinski definition) is 1. The molecule has 1 atom stereocenters. The summed E-state index contributed by atoms with van der Waals surface area (Å²) >= 11 is 0. The van der Waals surface area contributed by atoms with Crippen molar-refractivity contribution in [2.75, 3.05) is 20.3 Å². The van der Waals surface area contributed by atoms with E-state index in [-0.39, 0.29) is 17.5 Å². The molecule has 1 unspecified atom stereocenters. The van der Waals surface area contributed by atoms with Crippen molar-refractivity contribution < 1.29 is 9.53 Å². The van der Waals surface area contributed by atoms with E-state index in [0.717, 1.165) is 18.5 Å². The van der Waals surface area contributed by atoms with Crippen LogP contribution >= 0.6 is 0 Å². The highest BCUT2D eigenvalue weighted by atomic mass is 16.5. The molecule has 4 rings (SSSR count). The van der Waals surface area contributed by atoms with E-state index in [1.54, 1.807) is 28.7 Å². The molecule has 1 fully saturated rings.